The lowest BCUT2D eigenvalue weighted by molar-refractivity contribution is -0.130. The van der Waals surface area contributed by atoms with Gasteiger partial charge in [0.2, 0.25) is 0 Å². The first-order valence-corrected chi connectivity index (χ1v) is 10.1. The van der Waals surface area contributed by atoms with E-state index in [9.17, 15) is 9.59 Å². The van der Waals surface area contributed by atoms with Crippen LogP contribution in [0.5, 0.6) is 5.75 Å². The lowest BCUT2D eigenvalue weighted by atomic mass is 10.0. The lowest BCUT2D eigenvalue weighted by Gasteiger charge is -2.34. The molecule has 5 nitrogen and oxygen atoms in total. The molecule has 2 aromatic rings. The Balaban J connectivity index is 1.89. The molecule has 0 spiro atoms. The molecule has 2 amide bonds. The number of carbonyl (C=O) groups excluding carboxylic acids is 2. The maximum absolute atomic E-state index is 13.3. The predicted octanol–water partition coefficient (Wildman–Crippen LogP) is 4.52. The Morgan fingerprint density at radius 1 is 1.10 bits per heavy atom. The van der Waals surface area contributed by atoms with Crippen molar-refractivity contribution in [1.29, 1.82) is 0 Å². The Morgan fingerprint density at radius 2 is 1.79 bits per heavy atom. The van der Waals surface area contributed by atoms with Gasteiger partial charge in [-0.2, -0.15) is 0 Å². The number of amides is 2. The van der Waals surface area contributed by atoms with Gasteiger partial charge in [-0.25, -0.2) is 0 Å². The third-order valence-corrected chi connectivity index (χ3v) is 5.33. The summed E-state index contributed by atoms with van der Waals surface area (Å²) in [7, 11) is 1.60. The zero-order valence-electron chi connectivity index (χ0n) is 16.7. The minimum Gasteiger partial charge on any atom is -0.497 e. The second kappa shape index (κ2) is 9.61. The molecule has 1 unspecified atom stereocenters. The Kier molecular flexibility index (Phi) is 6.94. The molecule has 1 aliphatic heterocycles. The quantitative estimate of drug-likeness (QED) is 0.734. The van der Waals surface area contributed by atoms with Crippen molar-refractivity contribution in [2.45, 2.75) is 32.2 Å². The van der Waals surface area contributed by atoms with Gasteiger partial charge in [0.05, 0.1) is 7.11 Å². The molecule has 0 saturated carbocycles. The van der Waals surface area contributed by atoms with Crippen LogP contribution in [0.25, 0.3) is 6.08 Å². The SMILES string of the molecule is COc1ccc(C=C(NC(=O)c2ccc(Cl)cc2)C(=O)N2CCCCC2C)cc1. The summed E-state index contributed by atoms with van der Waals surface area (Å²) in [4.78, 5) is 27.8. The third-order valence-electron chi connectivity index (χ3n) is 5.08. The maximum Gasteiger partial charge on any atom is 0.270 e. The van der Waals surface area contributed by atoms with E-state index in [0.29, 0.717) is 17.1 Å². The van der Waals surface area contributed by atoms with Gasteiger partial charge >= 0.3 is 0 Å². The first kappa shape index (κ1) is 20.9. The number of piperidine rings is 1. The van der Waals surface area contributed by atoms with Crippen LogP contribution in [0.4, 0.5) is 0 Å². The molecular weight excluding hydrogens is 388 g/mol. The first-order chi connectivity index (χ1) is 14.0. The predicted molar refractivity (Wildman–Crippen MR) is 115 cm³/mol. The van der Waals surface area contributed by atoms with E-state index in [0.717, 1.165) is 30.6 Å². The number of likely N-dealkylation sites (tertiary alicyclic amines) is 1. The van der Waals surface area contributed by atoms with Gasteiger partial charge < -0.3 is 15.0 Å². The highest BCUT2D eigenvalue weighted by molar-refractivity contribution is 6.30. The fraction of sp³-hybridized carbons (Fsp3) is 0.304. The molecule has 1 atom stereocenters. The average molecular weight is 413 g/mol. The highest BCUT2D eigenvalue weighted by atomic mass is 35.5. The average Bonchev–Trinajstić information content (AvgIpc) is 2.74. The Morgan fingerprint density at radius 3 is 2.41 bits per heavy atom. The molecule has 152 valence electrons. The number of hydrogen-bond donors (Lipinski definition) is 1. The number of carbonyl (C=O) groups is 2. The van der Waals surface area contributed by atoms with E-state index in [2.05, 4.69) is 5.32 Å². The molecule has 0 aromatic heterocycles. The summed E-state index contributed by atoms with van der Waals surface area (Å²) in [5, 5.41) is 3.35. The van der Waals surface area contributed by atoms with E-state index in [-0.39, 0.29) is 23.6 Å². The van der Waals surface area contributed by atoms with Crippen molar-refractivity contribution in [2.24, 2.45) is 0 Å². The molecule has 3 rings (SSSR count). The van der Waals surface area contributed by atoms with Crippen molar-refractivity contribution in [3.05, 3.63) is 70.4 Å². The fourth-order valence-electron chi connectivity index (χ4n) is 3.37. The van der Waals surface area contributed by atoms with Gasteiger partial charge in [-0.05, 0) is 74.2 Å². The molecule has 0 aliphatic carbocycles. The van der Waals surface area contributed by atoms with Crippen LogP contribution in [-0.2, 0) is 4.79 Å². The van der Waals surface area contributed by atoms with Crippen molar-refractivity contribution in [1.82, 2.24) is 10.2 Å². The van der Waals surface area contributed by atoms with E-state index in [4.69, 9.17) is 16.3 Å². The van der Waals surface area contributed by atoms with Crippen LogP contribution in [0, 0.1) is 0 Å². The zero-order valence-corrected chi connectivity index (χ0v) is 17.4. The van der Waals surface area contributed by atoms with Crippen molar-refractivity contribution in [3.63, 3.8) is 0 Å². The second-order valence-corrected chi connectivity index (χ2v) is 7.57. The molecular formula is C23H25ClN2O3. The largest absolute Gasteiger partial charge is 0.497 e. The van der Waals surface area contributed by atoms with Crippen LogP contribution in [0.2, 0.25) is 5.02 Å². The molecule has 0 bridgehead atoms. The number of halogens is 1. The van der Waals surface area contributed by atoms with Crippen molar-refractivity contribution in [3.8, 4) is 5.75 Å². The second-order valence-electron chi connectivity index (χ2n) is 7.14. The van der Waals surface area contributed by atoms with Crippen LogP contribution in [0.1, 0.15) is 42.1 Å². The highest BCUT2D eigenvalue weighted by Gasteiger charge is 2.27. The number of nitrogens with one attached hydrogen (secondary N) is 1. The maximum atomic E-state index is 13.3. The summed E-state index contributed by atoms with van der Waals surface area (Å²) in [6.07, 6.45) is 4.75. The lowest BCUT2D eigenvalue weighted by Crippen LogP contribution is -2.45. The van der Waals surface area contributed by atoms with Crippen molar-refractivity contribution >= 4 is 29.5 Å². The number of benzene rings is 2. The van der Waals surface area contributed by atoms with E-state index in [1.54, 1.807) is 37.5 Å². The van der Waals surface area contributed by atoms with Gasteiger partial charge in [0.15, 0.2) is 0 Å². The molecule has 6 heteroatoms. The van der Waals surface area contributed by atoms with E-state index >= 15 is 0 Å². The monoisotopic (exact) mass is 412 g/mol. The van der Waals surface area contributed by atoms with Crippen LogP contribution < -0.4 is 10.1 Å². The van der Waals surface area contributed by atoms with Crippen LogP contribution in [-0.4, -0.2) is 36.4 Å². The third kappa shape index (κ3) is 5.39. The summed E-state index contributed by atoms with van der Waals surface area (Å²) in [6.45, 7) is 2.74. The van der Waals surface area contributed by atoms with Crippen molar-refractivity contribution < 1.29 is 14.3 Å². The van der Waals surface area contributed by atoms with Crippen LogP contribution in [0.3, 0.4) is 0 Å². The molecule has 1 saturated heterocycles. The van der Waals surface area contributed by atoms with Gasteiger partial charge in [-0.3, -0.25) is 9.59 Å². The van der Waals surface area contributed by atoms with Gasteiger partial charge in [0, 0.05) is 23.2 Å². The standard InChI is InChI=1S/C23H25ClN2O3/c1-16-5-3-4-14-26(16)23(28)21(15-17-6-12-20(29-2)13-7-17)25-22(27)18-8-10-19(24)11-9-18/h6-13,15-16H,3-5,14H2,1-2H3,(H,25,27). The minimum absolute atomic E-state index is 0.142. The van der Waals surface area contributed by atoms with Gasteiger partial charge in [-0.1, -0.05) is 23.7 Å². The molecule has 2 aromatic carbocycles. The summed E-state index contributed by atoms with van der Waals surface area (Å²) in [5.74, 6) is 0.208. The van der Waals surface area contributed by atoms with Gasteiger partial charge in [-0.15, -0.1) is 0 Å². The van der Waals surface area contributed by atoms with Crippen LogP contribution >= 0.6 is 11.6 Å². The number of ether oxygens (including phenoxy) is 1. The zero-order chi connectivity index (χ0) is 20.8. The summed E-state index contributed by atoms with van der Waals surface area (Å²) in [6, 6.07) is 14.0. The number of nitrogens with zero attached hydrogens (tertiary/aromatic N) is 1. The normalized spacial score (nSPS) is 17.0. The number of methoxy groups -OCH3 is 1. The highest BCUT2D eigenvalue weighted by Crippen LogP contribution is 2.20. The van der Waals surface area contributed by atoms with Crippen molar-refractivity contribution in [2.75, 3.05) is 13.7 Å². The molecule has 29 heavy (non-hydrogen) atoms. The fourth-order valence-corrected chi connectivity index (χ4v) is 3.49. The summed E-state index contributed by atoms with van der Waals surface area (Å²) < 4.78 is 5.19. The molecule has 1 N–H and O–H groups in total. The van der Waals surface area contributed by atoms with Gasteiger partial charge in [0.1, 0.15) is 11.4 Å². The smallest absolute Gasteiger partial charge is 0.270 e. The number of rotatable bonds is 5. The topological polar surface area (TPSA) is 58.6 Å². The van der Waals surface area contributed by atoms with E-state index in [1.165, 1.54) is 0 Å². The van der Waals surface area contributed by atoms with Gasteiger partial charge in [0.25, 0.3) is 11.8 Å². The number of hydrogen-bond acceptors (Lipinski definition) is 3. The first-order valence-electron chi connectivity index (χ1n) is 9.71. The molecule has 1 fully saturated rings. The molecule has 1 heterocycles. The summed E-state index contributed by atoms with van der Waals surface area (Å²) >= 11 is 5.91. The van der Waals surface area contributed by atoms with E-state index in [1.807, 2.05) is 36.1 Å². The van der Waals surface area contributed by atoms with E-state index < -0.39 is 0 Å². The molecule has 1 aliphatic rings. The Hall–Kier alpha value is -2.79. The van der Waals surface area contributed by atoms with Crippen LogP contribution in [0.15, 0.2) is 54.2 Å². The molecule has 0 radical (unpaired) electrons. The Labute approximate surface area is 176 Å². The summed E-state index contributed by atoms with van der Waals surface area (Å²) in [5.41, 5.74) is 1.49. The Bertz CT molecular complexity index is 891. The minimum atomic E-state index is -0.348.